The van der Waals surface area contributed by atoms with Crippen LogP contribution in [0.4, 0.5) is 21.0 Å². The third kappa shape index (κ3) is 4.08. The van der Waals surface area contributed by atoms with E-state index in [1.807, 2.05) is 40.7 Å². The van der Waals surface area contributed by atoms with Crippen LogP contribution < -0.4 is 10.2 Å². The number of carbonyl (C=O) groups is 1. The predicted octanol–water partition coefficient (Wildman–Crippen LogP) is 4.89. The number of halogens is 1. The van der Waals surface area contributed by atoms with Crippen molar-refractivity contribution >= 4 is 17.9 Å². The third-order valence-electron chi connectivity index (χ3n) is 5.07. The Morgan fingerprint density at radius 2 is 1.96 bits per heavy atom. The Morgan fingerprint density at radius 1 is 1.21 bits per heavy atom. The van der Waals surface area contributed by atoms with Crippen LogP contribution in [0.2, 0.25) is 0 Å². The van der Waals surface area contributed by atoms with Crippen molar-refractivity contribution in [2.75, 3.05) is 16.8 Å². The van der Waals surface area contributed by atoms with Gasteiger partial charge in [0, 0.05) is 11.8 Å². The number of nitrogens with zero attached hydrogens (tertiary/aromatic N) is 3. The van der Waals surface area contributed by atoms with Crippen LogP contribution in [-0.2, 0) is 4.74 Å². The minimum Gasteiger partial charge on any atom is -0.447 e. The lowest BCUT2D eigenvalue weighted by Crippen LogP contribution is -2.37. The zero-order chi connectivity index (χ0) is 20.4. The molecule has 7 heteroatoms. The van der Waals surface area contributed by atoms with Gasteiger partial charge in [-0.2, -0.15) is 4.98 Å². The van der Waals surface area contributed by atoms with Crippen molar-refractivity contribution in [2.24, 2.45) is 5.92 Å². The number of hydrogen-bond acceptors (Lipinski definition) is 5. The first-order chi connectivity index (χ1) is 13.3. The van der Waals surface area contributed by atoms with E-state index >= 15 is 0 Å². The van der Waals surface area contributed by atoms with E-state index in [0.717, 1.165) is 5.56 Å². The van der Waals surface area contributed by atoms with Gasteiger partial charge in [-0.25, -0.2) is 14.2 Å². The molecule has 2 atom stereocenters. The zero-order valence-corrected chi connectivity index (χ0v) is 16.9. The molecule has 2 heterocycles. The Morgan fingerprint density at radius 3 is 2.61 bits per heavy atom. The molecule has 28 heavy (non-hydrogen) atoms. The van der Waals surface area contributed by atoms with Crippen LogP contribution in [0.5, 0.6) is 0 Å². The lowest BCUT2D eigenvalue weighted by molar-refractivity contribution is 0.177. The first-order valence-corrected chi connectivity index (χ1v) is 9.62. The van der Waals surface area contributed by atoms with Crippen molar-refractivity contribution < 1.29 is 13.9 Å². The van der Waals surface area contributed by atoms with E-state index in [1.165, 1.54) is 0 Å². The topological polar surface area (TPSA) is 67.4 Å². The van der Waals surface area contributed by atoms with E-state index in [2.05, 4.69) is 15.3 Å². The summed E-state index contributed by atoms with van der Waals surface area (Å²) in [5.74, 6) is 1.04. The summed E-state index contributed by atoms with van der Waals surface area (Å²) in [4.78, 5) is 22.4. The summed E-state index contributed by atoms with van der Waals surface area (Å²) in [5.41, 5.74) is 1.50. The number of carbonyl (C=O) groups excluding carboxylic acids is 1. The molecular weight excluding hydrogens is 359 g/mol. The largest absolute Gasteiger partial charge is 0.447 e. The molecule has 6 nitrogen and oxygen atoms in total. The molecular formula is C21H27FN4O2. The number of ether oxygens (including phenoxy) is 1. The van der Waals surface area contributed by atoms with Gasteiger partial charge in [-0.05, 0) is 36.5 Å². The van der Waals surface area contributed by atoms with E-state index in [0.29, 0.717) is 23.9 Å². The van der Waals surface area contributed by atoms with E-state index < -0.39 is 6.09 Å². The number of nitrogens with one attached hydrogen (secondary N) is 1. The lowest BCUT2D eigenvalue weighted by Gasteiger charge is -2.24. The molecule has 3 rings (SSSR count). The van der Waals surface area contributed by atoms with E-state index in [-0.39, 0.29) is 29.7 Å². The van der Waals surface area contributed by atoms with Gasteiger partial charge in [-0.3, -0.25) is 4.90 Å². The quantitative estimate of drug-likeness (QED) is 0.765. The number of benzene rings is 1. The normalized spacial score (nSPS) is 17.9. The van der Waals surface area contributed by atoms with Crippen LogP contribution in [0.15, 0.2) is 30.5 Å². The Hall–Kier alpha value is -2.70. The summed E-state index contributed by atoms with van der Waals surface area (Å²) in [5, 5.41) is 3.13. The minimum atomic E-state index is -0.410. The van der Waals surface area contributed by atoms with Gasteiger partial charge in [0.15, 0.2) is 0 Å². The van der Waals surface area contributed by atoms with E-state index in [9.17, 15) is 9.18 Å². The number of hydrogen-bond donors (Lipinski definition) is 1. The molecule has 0 aliphatic carbocycles. The fourth-order valence-corrected chi connectivity index (χ4v) is 3.27. The van der Waals surface area contributed by atoms with E-state index in [4.69, 9.17) is 4.74 Å². The number of rotatable bonds is 6. The van der Waals surface area contributed by atoms with Gasteiger partial charge < -0.3 is 10.1 Å². The van der Waals surface area contributed by atoms with Gasteiger partial charge in [0.1, 0.15) is 18.2 Å². The highest BCUT2D eigenvalue weighted by molar-refractivity contribution is 5.89. The zero-order valence-electron chi connectivity index (χ0n) is 16.9. The summed E-state index contributed by atoms with van der Waals surface area (Å²) in [6, 6.07) is 6.57. The molecule has 1 unspecified atom stereocenters. The van der Waals surface area contributed by atoms with Crippen LogP contribution in [0.1, 0.15) is 57.7 Å². The second-order valence-electron chi connectivity index (χ2n) is 7.80. The van der Waals surface area contributed by atoms with Crippen molar-refractivity contribution in [1.82, 2.24) is 9.97 Å². The van der Waals surface area contributed by atoms with Crippen molar-refractivity contribution in [2.45, 2.75) is 52.6 Å². The first-order valence-electron chi connectivity index (χ1n) is 9.62. The van der Waals surface area contributed by atoms with Gasteiger partial charge in [0.25, 0.3) is 0 Å². The van der Waals surface area contributed by atoms with Crippen molar-refractivity contribution in [3.63, 3.8) is 0 Å². The summed E-state index contributed by atoms with van der Waals surface area (Å²) in [6.07, 6.45) is 1.17. The summed E-state index contributed by atoms with van der Waals surface area (Å²) >= 11 is 0. The third-order valence-corrected chi connectivity index (χ3v) is 5.07. The maximum absolute atomic E-state index is 14.5. The first kappa shape index (κ1) is 20.0. The van der Waals surface area contributed by atoms with Crippen LogP contribution >= 0.6 is 0 Å². The van der Waals surface area contributed by atoms with Gasteiger partial charge in [-0.1, -0.05) is 39.8 Å². The van der Waals surface area contributed by atoms with Crippen molar-refractivity contribution in [3.8, 4) is 0 Å². The number of amides is 1. The highest BCUT2D eigenvalue weighted by Gasteiger charge is 2.37. The molecule has 0 radical (unpaired) electrons. The molecule has 2 aromatic rings. The average Bonchev–Trinajstić information content (AvgIpc) is 3.03. The van der Waals surface area contributed by atoms with Gasteiger partial charge >= 0.3 is 6.09 Å². The monoisotopic (exact) mass is 386 g/mol. The fourth-order valence-electron chi connectivity index (χ4n) is 3.27. The highest BCUT2D eigenvalue weighted by atomic mass is 19.1. The van der Waals surface area contributed by atoms with Crippen molar-refractivity contribution in [1.29, 1.82) is 0 Å². The van der Waals surface area contributed by atoms with Gasteiger partial charge in [-0.15, -0.1) is 0 Å². The predicted molar refractivity (Wildman–Crippen MR) is 107 cm³/mol. The summed E-state index contributed by atoms with van der Waals surface area (Å²) in [7, 11) is 0. The van der Waals surface area contributed by atoms with Crippen molar-refractivity contribution in [3.05, 3.63) is 47.4 Å². The number of anilines is 2. The second kappa shape index (κ2) is 8.12. The molecule has 1 aliphatic rings. The highest BCUT2D eigenvalue weighted by Crippen LogP contribution is 2.27. The maximum Gasteiger partial charge on any atom is 0.415 e. The Kier molecular flexibility index (Phi) is 5.82. The molecule has 1 aliphatic heterocycles. The molecule has 0 bridgehead atoms. The minimum absolute atomic E-state index is 0.0753. The number of aromatic nitrogens is 2. The molecule has 1 aromatic carbocycles. The van der Waals surface area contributed by atoms with Crippen LogP contribution in [-0.4, -0.2) is 28.7 Å². The number of cyclic esters (lactones) is 1. The molecule has 0 saturated carbocycles. The second-order valence-corrected chi connectivity index (χ2v) is 7.80. The molecule has 150 valence electrons. The molecule has 1 aromatic heterocycles. The van der Waals surface area contributed by atoms with Gasteiger partial charge in [0.05, 0.1) is 12.1 Å². The Balaban J connectivity index is 1.80. The van der Waals surface area contributed by atoms with Crippen LogP contribution in [0.25, 0.3) is 0 Å². The Bertz CT molecular complexity index is 856. The molecule has 1 fully saturated rings. The summed E-state index contributed by atoms with van der Waals surface area (Å²) in [6.45, 7) is 10.3. The standard InChI is InChI=1S/C21H27FN4O2/c1-12(2)15-6-7-16(17(22)10-15)14(5)24-20-23-9-8-19(25-20)26-18(13(3)4)11-28-21(26)27/h6-10,12-14,18H,11H2,1-5H3,(H,23,24,25)/t14-,18?/m0/s1. The van der Waals surface area contributed by atoms with E-state index in [1.54, 1.807) is 29.3 Å². The Labute approximate surface area is 165 Å². The lowest BCUT2D eigenvalue weighted by atomic mass is 9.99. The fraction of sp³-hybridized carbons (Fsp3) is 0.476. The van der Waals surface area contributed by atoms with Gasteiger partial charge in [0.2, 0.25) is 5.95 Å². The average molecular weight is 386 g/mol. The smallest absolute Gasteiger partial charge is 0.415 e. The molecule has 1 amide bonds. The van der Waals surface area contributed by atoms with Crippen LogP contribution in [0, 0.1) is 11.7 Å². The molecule has 0 spiro atoms. The summed E-state index contributed by atoms with van der Waals surface area (Å²) < 4.78 is 19.7. The maximum atomic E-state index is 14.5. The molecule has 1 saturated heterocycles. The van der Waals surface area contributed by atoms with Crippen LogP contribution in [0.3, 0.4) is 0 Å². The SMILES string of the molecule is CC(C)c1ccc([C@H](C)Nc2nccc(N3C(=O)OCC3C(C)C)n2)c(F)c1. The molecule has 1 N–H and O–H groups in total.